The van der Waals surface area contributed by atoms with Crippen LogP contribution in [0.4, 0.5) is 5.69 Å². The number of allylic oxidation sites excluding steroid dienone is 10. The van der Waals surface area contributed by atoms with Crippen LogP contribution in [-0.2, 0) is 74.4 Å². The van der Waals surface area contributed by atoms with E-state index in [2.05, 4.69) is 208 Å². The summed E-state index contributed by atoms with van der Waals surface area (Å²) in [6, 6.07) is 27.1. The van der Waals surface area contributed by atoms with E-state index in [1.54, 1.807) is 28.3 Å². The maximum atomic E-state index is 12.3. The van der Waals surface area contributed by atoms with E-state index in [1.165, 1.54) is 79.1 Å². The molecule has 11 aliphatic rings. The van der Waals surface area contributed by atoms with E-state index in [9.17, 15) is 16.8 Å². The van der Waals surface area contributed by atoms with Crippen LogP contribution in [0.1, 0.15) is 254 Å². The van der Waals surface area contributed by atoms with Crippen molar-refractivity contribution in [3.8, 4) is 17.2 Å². The topological polar surface area (TPSA) is 293 Å². The molecule has 6 saturated heterocycles. The first kappa shape index (κ1) is 98.3. The number of aliphatic hydroxyl groups is 1. The highest BCUT2D eigenvalue weighted by atomic mass is 16.5. The fourth-order valence-electron chi connectivity index (χ4n) is 24.7. The molecule has 0 amide bonds. The quantitative estimate of drug-likeness (QED) is 0.0499. The molecule has 0 spiro atoms. The number of hydrogen-bond donors (Lipinski definition) is 5. The number of nitrogens with one attached hydrogen (secondary N) is 4. The van der Waals surface area contributed by atoms with Crippen molar-refractivity contribution in [3.05, 3.63) is 224 Å². The van der Waals surface area contributed by atoms with E-state index in [-0.39, 0.29) is 36.3 Å². The molecule has 0 unspecified atom stereocenters. The summed E-state index contributed by atoms with van der Waals surface area (Å²) < 4.78 is 64.3. The van der Waals surface area contributed by atoms with Gasteiger partial charge in [-0.25, -0.2) is 0 Å². The highest BCUT2D eigenvalue weighted by Crippen LogP contribution is 2.55. The number of carbonyl (C=O) groups is 1. The zero-order valence-corrected chi connectivity index (χ0v) is 84.6. The molecule has 4 aromatic heterocycles. The Morgan fingerprint density at radius 2 is 0.739 bits per heavy atom. The van der Waals surface area contributed by atoms with E-state index in [0.29, 0.717) is 71.8 Å². The minimum atomic E-state index is -1.08. The van der Waals surface area contributed by atoms with Crippen molar-refractivity contribution in [1.29, 1.82) is 0 Å². The first-order valence-corrected chi connectivity index (χ1v) is 49.6. The summed E-state index contributed by atoms with van der Waals surface area (Å²) in [5, 5.41) is 16.5. The average molecular weight is 1880 g/mol. The zero-order chi connectivity index (χ0) is 104. The van der Waals surface area contributed by atoms with Crippen LogP contribution in [0.15, 0.2) is 167 Å². The van der Waals surface area contributed by atoms with Crippen LogP contribution in [0.5, 0.6) is 17.2 Å². The van der Waals surface area contributed by atoms with Gasteiger partial charge < -0.3 is 39.3 Å². The Labute approximate surface area is 822 Å². The number of aryl methyl sites for hydroxylation is 2. The fourth-order valence-corrected chi connectivity index (χ4v) is 24.7. The number of benzene rings is 5. The van der Waals surface area contributed by atoms with Crippen LogP contribution in [0, 0.1) is 73.0 Å². The van der Waals surface area contributed by atoms with E-state index < -0.39 is 35.7 Å². The van der Waals surface area contributed by atoms with E-state index >= 15 is 0 Å². The lowest BCUT2D eigenvalue weighted by molar-refractivity contribution is -0.193. The predicted octanol–water partition coefficient (Wildman–Crippen LogP) is 22.0. The molecule has 138 heavy (non-hydrogen) atoms. The molecule has 0 bridgehead atoms. The van der Waals surface area contributed by atoms with Gasteiger partial charge in [0.1, 0.15) is 22.8 Å². The number of fused-ring (bicyclic) bond motifs is 25. The molecular weight excluding hydrogens is 1730 g/mol. The van der Waals surface area contributed by atoms with E-state index in [0.717, 1.165) is 220 Å². The second-order valence-electron chi connectivity index (χ2n) is 38.5. The fraction of sp³-hybridized carbons (Fsp3) is 0.513. The normalized spacial score (nSPS) is 29.5. The van der Waals surface area contributed by atoms with Crippen molar-refractivity contribution in [1.82, 2.24) is 44.4 Å². The number of methoxy groups -OCH3 is 3. The Morgan fingerprint density at radius 1 is 0.435 bits per heavy atom. The van der Waals surface area contributed by atoms with Gasteiger partial charge in [0, 0.05) is 137 Å². The first-order chi connectivity index (χ1) is 68.5. The molecule has 23 nitrogen and oxygen atoms in total. The molecule has 0 radical (unpaired) electrons. The maximum absolute atomic E-state index is 12.3. The smallest absolute Gasteiger partial charge is 0.373 e. The lowest BCUT2D eigenvalue weighted by Gasteiger charge is -2.50. The van der Waals surface area contributed by atoms with Crippen LogP contribution < -0.4 is 14.2 Å². The Bertz CT molecular complexity index is 6270. The number of H-pyrrole nitrogens is 4. The van der Waals surface area contributed by atoms with E-state index in [4.69, 9.17) is 57.6 Å². The van der Waals surface area contributed by atoms with Crippen molar-refractivity contribution in [2.75, 3.05) is 86.8 Å². The van der Waals surface area contributed by atoms with Gasteiger partial charge in [0.25, 0.3) is 0 Å². The molecule has 0 saturated carbocycles. The highest BCUT2D eigenvalue weighted by molar-refractivity contribution is 6.05. The van der Waals surface area contributed by atoms with Gasteiger partial charge in [-0.05, 0) is 294 Å². The third-order valence-corrected chi connectivity index (χ3v) is 32.1. The number of rotatable bonds is 14. The Hall–Kier alpha value is -11.3. The summed E-state index contributed by atoms with van der Waals surface area (Å²) in [4.78, 5) is 108. The molecular formula is C115H148N10O13. The van der Waals surface area contributed by atoms with Crippen LogP contribution in [0.3, 0.4) is 0 Å². The first-order valence-electron chi connectivity index (χ1n) is 52.1. The molecule has 5 aromatic carbocycles. The Kier molecular flexibility index (Phi) is 34.2. The van der Waals surface area contributed by atoms with Gasteiger partial charge in [0.15, 0.2) is 5.78 Å². The molecule has 9 aromatic rings. The minimum Gasteiger partial charge on any atom is -0.496 e. The van der Waals surface area contributed by atoms with Gasteiger partial charge in [0.05, 0.1) is 69.7 Å². The number of piperidine rings is 6. The lowest BCUT2D eigenvalue weighted by Crippen LogP contribution is -2.60. The number of ether oxygens (including phenoxy) is 3. The van der Waals surface area contributed by atoms with Gasteiger partial charge in [0.2, 0.25) is 0 Å². The third kappa shape index (κ3) is 21.4. The monoisotopic (exact) mass is 1880 g/mol. The second-order valence-corrected chi connectivity index (χ2v) is 38.5. The van der Waals surface area contributed by atoms with Crippen LogP contribution in [-0.4, -0.2) is 178 Å². The standard InChI is InChI=1S/C23H30N2O.2C22H30N2O.C22H28N2O.C22H30N2O.4CO2/c1-5-16-13-25-11-10-18-22-14(3)8-7-9-20(22)24-23(18)21(25)12-19(16)17(6-2)15(4)26;3*1-5-14(3)17-12-19-22-16(10-11-24(19)13-15(17)6-2)21-18(23-22)8-7-9-20(21)25-4;1-5-14(3)17-12-19-21-22(25,10-11-24(19)13-16(17)6-2)20-15(4)8-7-9-18(20)23-21;4*2-1-3/h6-9,16,19,21,24H,5,10-13H2,1-4H3;2*5,7-9,15,17,19,23H,6,10-13H2,1-4H3;5-9,15,17,19,23H,2,10-13H2,1,3-4H3;5,7-9,16-17,19,25H,6,10-13H2,1-4H3;;;;/b17-6-;4*14-5-;;;;/t16-,19+,21-;15-,17+,19-;15-,17-,19+;15-,17+,19-;16-,17-,19+,22+;;;;/m10101..../s1/i21D;4*19D;;;;. The summed E-state index contributed by atoms with van der Waals surface area (Å²) in [6.45, 7) is 47.5. The number of aromatic nitrogens is 4. The summed E-state index contributed by atoms with van der Waals surface area (Å²) >= 11 is 0. The molecule has 16 atom stereocenters. The molecule has 6 fully saturated rings. The predicted molar refractivity (Wildman–Crippen MR) is 543 cm³/mol. The largest absolute Gasteiger partial charge is 0.496 e. The molecule has 0 aliphatic carbocycles. The molecule has 736 valence electrons. The molecule has 5 N–H and O–H groups in total. The SMILES string of the molecule is O=C=O.O=C=O.O=C=O.O=C=O.[2H][C@@]12C[C@H](/C(C)=C\C)[C@@H](C=C)CN1CCc1c2[nH]c2cccc(OC)c12.[2H][C@@]12C[C@H](/C(C)=C\C)[C@@H](CC)CN1CCc1c2[nH]c2cccc(OC)c12.[2H][C@@]12C[C@H](/C(C)=C\C)[C@H](CC)CN1CC[C@@]1(O)C2=Nc2cccc(C)c21.[2H][C@@]12C[C@H](/C(C)=C\C)[C@H](CC)CN1CCc1c2[nH]c2cccc(OC)c12.[2H][C@]12C[C@H](/C(=C\C)C(C)=O)[C@H](CC)CN1CCc1c2[nH]c2cccc(C)c12. The van der Waals surface area contributed by atoms with Gasteiger partial charge in [-0.3, -0.25) is 34.3 Å². The lowest BCUT2D eigenvalue weighted by atomic mass is 9.70. The van der Waals surface area contributed by atoms with Crippen molar-refractivity contribution in [2.24, 2.45) is 64.2 Å². The number of Topliss-reactive ketones (excluding diaryl/α,β-unsaturated/α-hetero) is 1. The summed E-state index contributed by atoms with van der Waals surface area (Å²) in [5.41, 5.74) is 24.1. The second kappa shape index (κ2) is 48.1. The number of aromatic amines is 4. The van der Waals surface area contributed by atoms with Crippen molar-refractivity contribution in [3.63, 3.8) is 0 Å². The highest BCUT2D eigenvalue weighted by Gasteiger charge is 2.54. The number of carbonyl (C=O) groups excluding carboxylic acids is 9. The number of nitrogens with zero attached hydrogens (tertiary/aromatic N) is 6. The maximum Gasteiger partial charge on any atom is 0.373 e. The summed E-state index contributed by atoms with van der Waals surface area (Å²) in [6.07, 6.45) is 26.9. The molecule has 20 rings (SSSR count). The van der Waals surface area contributed by atoms with Crippen LogP contribution in [0.2, 0.25) is 0 Å². The number of ketones is 1. The Balaban J connectivity index is 0.000000155. The van der Waals surface area contributed by atoms with Gasteiger partial charge in [-0.1, -0.05) is 155 Å². The zero-order valence-electron chi connectivity index (χ0n) is 89.6. The minimum absolute atomic E-state index is 0.154. The molecule has 15 heterocycles. The van der Waals surface area contributed by atoms with Gasteiger partial charge in [-0.15, -0.1) is 6.58 Å². The number of hydrogen-bond acceptors (Lipinski definition) is 19. The van der Waals surface area contributed by atoms with E-state index in [1.807, 2.05) is 74.5 Å². The summed E-state index contributed by atoms with van der Waals surface area (Å²) in [7, 11) is 5.19. The summed E-state index contributed by atoms with van der Waals surface area (Å²) in [5.74, 6) is 7.47. The van der Waals surface area contributed by atoms with Crippen molar-refractivity contribution in [2.45, 2.75) is 236 Å². The number of aliphatic imine (C=N–C) groups is 1. The van der Waals surface area contributed by atoms with Crippen molar-refractivity contribution >= 4 is 85.4 Å². The molecule has 23 heteroatoms. The van der Waals surface area contributed by atoms with Crippen LogP contribution >= 0.6 is 0 Å². The van der Waals surface area contributed by atoms with Gasteiger partial charge >= 0.3 is 24.6 Å². The third-order valence-electron chi connectivity index (χ3n) is 32.1. The van der Waals surface area contributed by atoms with Crippen molar-refractivity contribution < 1.29 is 69.3 Å². The average Bonchev–Trinajstić information content (AvgIpc) is 1.56. The van der Waals surface area contributed by atoms with Crippen LogP contribution in [0.25, 0.3) is 43.6 Å². The van der Waals surface area contributed by atoms with Gasteiger partial charge in [-0.2, -0.15) is 38.4 Å². The molecule has 11 aliphatic heterocycles. The Morgan fingerprint density at radius 3 is 1.09 bits per heavy atom.